The minimum absolute atomic E-state index is 0.0612. The number of hydrogen-bond acceptors (Lipinski definition) is 7. The van der Waals surface area contributed by atoms with E-state index in [4.69, 9.17) is 14.2 Å². The predicted octanol–water partition coefficient (Wildman–Crippen LogP) is 5.95. The van der Waals surface area contributed by atoms with Gasteiger partial charge in [-0.05, 0) is 85.3 Å². The fourth-order valence-corrected chi connectivity index (χ4v) is 5.28. The molecule has 1 unspecified atom stereocenters. The van der Waals surface area contributed by atoms with Crippen LogP contribution in [0.5, 0.6) is 17.2 Å². The molecule has 4 aromatic rings. The molecule has 1 aromatic heterocycles. The smallest absolute Gasteiger partial charge is 0.195 e. The number of hydrogen-bond donors (Lipinski definition) is 2. The quantitative estimate of drug-likeness (QED) is 0.168. The third-order valence-electron chi connectivity index (χ3n) is 6.12. The minimum atomic E-state index is -0.598. The van der Waals surface area contributed by atoms with E-state index in [1.807, 2.05) is 42.5 Å². The van der Waals surface area contributed by atoms with E-state index in [0.717, 1.165) is 51.4 Å². The predicted molar refractivity (Wildman–Crippen MR) is 150 cm³/mol. The van der Waals surface area contributed by atoms with Crippen LogP contribution in [0.15, 0.2) is 66.7 Å². The number of ether oxygens (including phenoxy) is 3. The molecule has 1 atom stereocenters. The van der Waals surface area contributed by atoms with Gasteiger partial charge in [-0.25, -0.2) is 0 Å². The highest BCUT2D eigenvalue weighted by Gasteiger charge is 2.22. The number of unbranched alkanes of at least 4 members (excludes halogenated alkanes) is 1. The lowest BCUT2D eigenvalue weighted by Crippen LogP contribution is -2.31. The Labute approximate surface area is 221 Å². The Kier molecular flexibility index (Phi) is 9.17. The fraction of sp³-hybridized carbons (Fsp3) is 0.300. The first-order chi connectivity index (χ1) is 18.0. The molecule has 2 N–H and O–H groups in total. The van der Waals surface area contributed by atoms with Crippen LogP contribution in [-0.4, -0.2) is 50.9 Å². The van der Waals surface area contributed by atoms with Gasteiger partial charge in [0.25, 0.3) is 0 Å². The molecule has 0 aliphatic rings. The Bertz CT molecular complexity index is 1310. The molecular weight excluding hydrogens is 486 g/mol. The SMILES string of the molecule is CCCCNCC(O)COc1ccc(C(=O)c2c(-c3ccc(OC)cc3)sc3cc(OC)ccc23)cc1. The van der Waals surface area contributed by atoms with Crippen LogP contribution in [0.25, 0.3) is 20.5 Å². The zero-order chi connectivity index (χ0) is 26.2. The van der Waals surface area contributed by atoms with Crippen LogP contribution >= 0.6 is 11.3 Å². The maximum atomic E-state index is 13.8. The molecule has 0 amide bonds. The number of nitrogens with one attached hydrogen (secondary N) is 1. The lowest BCUT2D eigenvalue weighted by atomic mass is 9.97. The van der Waals surface area contributed by atoms with Gasteiger partial charge >= 0.3 is 0 Å². The van der Waals surface area contributed by atoms with Crippen LogP contribution in [0, 0.1) is 0 Å². The molecular formula is C30H33NO5S. The molecule has 0 saturated carbocycles. The van der Waals surface area contributed by atoms with Crippen molar-refractivity contribution in [2.45, 2.75) is 25.9 Å². The van der Waals surface area contributed by atoms with E-state index in [1.54, 1.807) is 49.8 Å². The number of aliphatic hydroxyl groups excluding tert-OH is 1. The Morgan fingerprint density at radius 2 is 1.62 bits per heavy atom. The second-order valence-corrected chi connectivity index (χ2v) is 9.82. The number of thiophene rings is 1. The molecule has 0 radical (unpaired) electrons. The van der Waals surface area contributed by atoms with E-state index in [1.165, 1.54) is 0 Å². The first kappa shape index (κ1) is 26.7. The zero-order valence-corrected chi connectivity index (χ0v) is 22.3. The third kappa shape index (κ3) is 6.49. The highest BCUT2D eigenvalue weighted by Crippen LogP contribution is 2.41. The molecule has 6 nitrogen and oxygen atoms in total. The van der Waals surface area contributed by atoms with E-state index >= 15 is 0 Å². The monoisotopic (exact) mass is 519 g/mol. The molecule has 0 aliphatic carbocycles. The molecule has 3 aromatic carbocycles. The van der Waals surface area contributed by atoms with Crippen LogP contribution in [0.2, 0.25) is 0 Å². The highest BCUT2D eigenvalue weighted by atomic mass is 32.1. The first-order valence-electron chi connectivity index (χ1n) is 12.4. The molecule has 0 fully saturated rings. The molecule has 1 heterocycles. The second-order valence-electron chi connectivity index (χ2n) is 8.77. The normalized spacial score (nSPS) is 11.9. The number of ketones is 1. The Morgan fingerprint density at radius 3 is 2.30 bits per heavy atom. The average Bonchev–Trinajstić information content (AvgIpc) is 3.32. The van der Waals surface area contributed by atoms with Crippen molar-refractivity contribution in [2.24, 2.45) is 0 Å². The summed E-state index contributed by atoms with van der Waals surface area (Å²) in [6, 6.07) is 20.6. The summed E-state index contributed by atoms with van der Waals surface area (Å²) in [4.78, 5) is 14.7. The van der Waals surface area contributed by atoms with Gasteiger partial charge in [0, 0.05) is 32.6 Å². The molecule has 7 heteroatoms. The summed E-state index contributed by atoms with van der Waals surface area (Å²) in [5.74, 6) is 2.06. The van der Waals surface area contributed by atoms with Gasteiger partial charge in [0.15, 0.2) is 5.78 Å². The van der Waals surface area contributed by atoms with Crippen LogP contribution in [0.1, 0.15) is 35.7 Å². The van der Waals surface area contributed by atoms with Gasteiger partial charge in [0.1, 0.15) is 30.0 Å². The zero-order valence-electron chi connectivity index (χ0n) is 21.5. The summed E-state index contributed by atoms with van der Waals surface area (Å²) < 4.78 is 17.4. The van der Waals surface area contributed by atoms with Gasteiger partial charge in [-0.1, -0.05) is 13.3 Å². The molecule has 0 aliphatic heterocycles. The summed E-state index contributed by atoms with van der Waals surface area (Å²) >= 11 is 1.57. The van der Waals surface area contributed by atoms with Crippen molar-refractivity contribution < 1.29 is 24.1 Å². The van der Waals surface area contributed by atoms with Crippen molar-refractivity contribution >= 4 is 27.2 Å². The van der Waals surface area contributed by atoms with Gasteiger partial charge < -0.3 is 24.6 Å². The maximum absolute atomic E-state index is 13.8. The van der Waals surface area contributed by atoms with Gasteiger partial charge in [-0.2, -0.15) is 0 Å². The van der Waals surface area contributed by atoms with Crippen molar-refractivity contribution in [3.8, 4) is 27.7 Å². The first-order valence-corrected chi connectivity index (χ1v) is 13.3. The highest BCUT2D eigenvalue weighted by molar-refractivity contribution is 7.22. The molecule has 0 spiro atoms. The van der Waals surface area contributed by atoms with Crippen molar-refractivity contribution in [2.75, 3.05) is 33.9 Å². The van der Waals surface area contributed by atoms with Crippen LogP contribution in [0.3, 0.4) is 0 Å². The molecule has 37 heavy (non-hydrogen) atoms. The fourth-order valence-electron chi connectivity index (χ4n) is 4.04. The molecule has 194 valence electrons. The number of carbonyl (C=O) groups is 1. The van der Waals surface area contributed by atoms with Gasteiger partial charge in [0.2, 0.25) is 0 Å². The Balaban J connectivity index is 1.56. The molecule has 0 saturated heterocycles. The summed E-state index contributed by atoms with van der Waals surface area (Å²) in [5.41, 5.74) is 2.18. The topological polar surface area (TPSA) is 77.0 Å². The Hall–Kier alpha value is -3.39. The lowest BCUT2D eigenvalue weighted by Gasteiger charge is -2.13. The second kappa shape index (κ2) is 12.7. The molecule has 4 rings (SSSR count). The van der Waals surface area contributed by atoms with Crippen molar-refractivity contribution in [1.82, 2.24) is 5.32 Å². The number of aliphatic hydroxyl groups is 1. The van der Waals surface area contributed by atoms with E-state index in [2.05, 4.69) is 12.2 Å². The van der Waals surface area contributed by atoms with Gasteiger partial charge in [-0.3, -0.25) is 4.79 Å². The van der Waals surface area contributed by atoms with Crippen LogP contribution < -0.4 is 19.5 Å². The minimum Gasteiger partial charge on any atom is -0.497 e. The lowest BCUT2D eigenvalue weighted by molar-refractivity contribution is 0.103. The number of methoxy groups -OCH3 is 2. The number of fused-ring (bicyclic) bond motifs is 1. The summed E-state index contributed by atoms with van der Waals surface area (Å²) in [5, 5.41) is 14.2. The number of benzene rings is 3. The van der Waals surface area contributed by atoms with Crippen LogP contribution in [0.4, 0.5) is 0 Å². The Morgan fingerprint density at radius 1 is 0.946 bits per heavy atom. The van der Waals surface area contributed by atoms with E-state index in [9.17, 15) is 9.90 Å². The van der Waals surface area contributed by atoms with E-state index in [-0.39, 0.29) is 12.4 Å². The number of carbonyl (C=O) groups excluding carboxylic acids is 1. The summed E-state index contributed by atoms with van der Waals surface area (Å²) in [6.45, 7) is 3.69. The van der Waals surface area contributed by atoms with Gasteiger partial charge in [-0.15, -0.1) is 11.3 Å². The van der Waals surface area contributed by atoms with Crippen molar-refractivity contribution in [3.05, 3.63) is 77.9 Å². The van der Waals surface area contributed by atoms with Crippen molar-refractivity contribution in [1.29, 1.82) is 0 Å². The van der Waals surface area contributed by atoms with Gasteiger partial charge in [0.05, 0.1) is 14.2 Å². The summed E-state index contributed by atoms with van der Waals surface area (Å²) in [6.07, 6.45) is 1.59. The van der Waals surface area contributed by atoms with E-state index in [0.29, 0.717) is 23.4 Å². The maximum Gasteiger partial charge on any atom is 0.195 e. The number of rotatable bonds is 13. The van der Waals surface area contributed by atoms with E-state index < -0.39 is 6.10 Å². The largest absolute Gasteiger partial charge is 0.497 e. The standard InChI is InChI=1S/C30H33NO5S/c1-4-5-16-31-18-22(32)19-36-24-12-6-20(7-13-24)29(33)28-26-15-14-25(35-3)17-27(26)37-30(28)21-8-10-23(34-2)11-9-21/h6-15,17,22,31-32H,4-5,16,18-19H2,1-3H3. The third-order valence-corrected chi connectivity index (χ3v) is 7.32. The average molecular weight is 520 g/mol. The molecule has 0 bridgehead atoms. The van der Waals surface area contributed by atoms with Crippen LogP contribution in [-0.2, 0) is 0 Å². The van der Waals surface area contributed by atoms with Crippen molar-refractivity contribution in [3.63, 3.8) is 0 Å². The summed E-state index contributed by atoms with van der Waals surface area (Å²) in [7, 11) is 3.27.